The number of ether oxygens (including phenoxy) is 3. The highest BCUT2D eigenvalue weighted by molar-refractivity contribution is 5.91. The van der Waals surface area contributed by atoms with Crippen LogP contribution in [-0.4, -0.2) is 50.3 Å². The van der Waals surface area contributed by atoms with Crippen molar-refractivity contribution in [2.24, 2.45) is 0 Å². The molecule has 2 fully saturated rings. The number of nitrogens with zero attached hydrogens (tertiary/aromatic N) is 1. The molecule has 5 heteroatoms. The van der Waals surface area contributed by atoms with Crippen molar-refractivity contribution in [3.8, 4) is 23.8 Å². The zero-order valence-electron chi connectivity index (χ0n) is 16.6. The van der Waals surface area contributed by atoms with E-state index in [-0.39, 0.29) is 12.0 Å². The van der Waals surface area contributed by atoms with Crippen LogP contribution < -0.4 is 9.47 Å². The fraction of sp³-hybridized carbons (Fsp3) is 0.375. The van der Waals surface area contributed by atoms with E-state index in [1.807, 2.05) is 53.4 Å². The topological polar surface area (TPSA) is 48.0 Å². The third-order valence-electron chi connectivity index (χ3n) is 5.66. The Hall–Kier alpha value is -2.97. The van der Waals surface area contributed by atoms with Crippen LogP contribution in [0.1, 0.15) is 24.0 Å². The van der Waals surface area contributed by atoms with E-state index in [1.165, 1.54) is 0 Å². The Morgan fingerprint density at radius 1 is 1.24 bits per heavy atom. The zero-order chi connectivity index (χ0) is 20.3. The minimum atomic E-state index is -0.393. The Kier molecular flexibility index (Phi) is 5.46. The fourth-order valence-electron chi connectivity index (χ4n) is 3.83. The highest BCUT2D eigenvalue weighted by Gasteiger charge is 2.53. The lowest BCUT2D eigenvalue weighted by Gasteiger charge is -2.35. The van der Waals surface area contributed by atoms with Crippen LogP contribution in [0.25, 0.3) is 0 Å². The number of hydrogen-bond acceptors (Lipinski definition) is 4. The second-order valence-electron chi connectivity index (χ2n) is 7.54. The standard InChI is InChI=1S/C24H25NO4/c1-3-18-5-4-6-21(15-18)29-17-22-16-25(13-14-28-22)23(26)24(11-12-24)19-7-9-20(27-2)10-8-19/h1,4-10,15,22H,11-14,16-17H2,2H3. The SMILES string of the molecule is C#Cc1cccc(OCC2CN(C(=O)C3(c4ccc(OC)cc4)CC3)CCO2)c1. The van der Waals surface area contributed by atoms with Crippen molar-refractivity contribution < 1.29 is 19.0 Å². The Balaban J connectivity index is 1.38. The highest BCUT2D eigenvalue weighted by Crippen LogP contribution is 2.50. The Morgan fingerprint density at radius 2 is 2.03 bits per heavy atom. The molecule has 0 aromatic heterocycles. The van der Waals surface area contributed by atoms with Gasteiger partial charge in [0.2, 0.25) is 5.91 Å². The van der Waals surface area contributed by atoms with Crippen LogP contribution in [0.5, 0.6) is 11.5 Å². The molecule has 1 heterocycles. The van der Waals surface area contributed by atoms with E-state index in [1.54, 1.807) is 7.11 Å². The number of methoxy groups -OCH3 is 1. The number of benzene rings is 2. The number of rotatable bonds is 6. The van der Waals surface area contributed by atoms with Gasteiger partial charge in [-0.1, -0.05) is 24.1 Å². The van der Waals surface area contributed by atoms with Gasteiger partial charge in [-0.2, -0.15) is 0 Å². The van der Waals surface area contributed by atoms with Gasteiger partial charge >= 0.3 is 0 Å². The molecule has 0 N–H and O–H groups in total. The van der Waals surface area contributed by atoms with Crippen LogP contribution in [0.15, 0.2) is 48.5 Å². The van der Waals surface area contributed by atoms with Crippen molar-refractivity contribution in [1.82, 2.24) is 4.90 Å². The van der Waals surface area contributed by atoms with Crippen LogP contribution in [0.4, 0.5) is 0 Å². The van der Waals surface area contributed by atoms with Crippen molar-refractivity contribution in [3.63, 3.8) is 0 Å². The lowest BCUT2D eigenvalue weighted by Crippen LogP contribution is -2.50. The van der Waals surface area contributed by atoms with Gasteiger partial charge in [0.25, 0.3) is 0 Å². The van der Waals surface area contributed by atoms with Gasteiger partial charge < -0.3 is 19.1 Å². The monoisotopic (exact) mass is 391 g/mol. The third-order valence-corrected chi connectivity index (χ3v) is 5.66. The Morgan fingerprint density at radius 3 is 2.72 bits per heavy atom. The minimum Gasteiger partial charge on any atom is -0.497 e. The summed E-state index contributed by atoms with van der Waals surface area (Å²) in [5.41, 5.74) is 1.45. The molecule has 2 aromatic rings. The van der Waals surface area contributed by atoms with Gasteiger partial charge in [-0.05, 0) is 48.7 Å². The van der Waals surface area contributed by atoms with Crippen molar-refractivity contribution in [2.45, 2.75) is 24.4 Å². The fourth-order valence-corrected chi connectivity index (χ4v) is 3.83. The number of carbonyl (C=O) groups is 1. The van der Waals surface area contributed by atoms with E-state index in [2.05, 4.69) is 5.92 Å². The van der Waals surface area contributed by atoms with Gasteiger partial charge in [0.05, 0.1) is 25.7 Å². The first-order chi connectivity index (χ1) is 14.1. The molecule has 5 nitrogen and oxygen atoms in total. The van der Waals surface area contributed by atoms with Gasteiger partial charge in [0, 0.05) is 12.1 Å². The van der Waals surface area contributed by atoms with E-state index < -0.39 is 5.41 Å². The molecule has 1 aliphatic heterocycles. The van der Waals surface area contributed by atoms with Crippen molar-refractivity contribution in [1.29, 1.82) is 0 Å². The molecule has 150 valence electrons. The number of terminal acetylenes is 1. The first-order valence-electron chi connectivity index (χ1n) is 9.89. The second kappa shape index (κ2) is 8.18. The maximum Gasteiger partial charge on any atom is 0.233 e. The van der Waals surface area contributed by atoms with E-state index in [0.717, 1.165) is 29.7 Å². The van der Waals surface area contributed by atoms with Gasteiger partial charge in [0.15, 0.2) is 0 Å². The van der Waals surface area contributed by atoms with Crippen molar-refractivity contribution >= 4 is 5.91 Å². The summed E-state index contributed by atoms with van der Waals surface area (Å²) >= 11 is 0. The molecular weight excluding hydrogens is 366 g/mol. The van der Waals surface area contributed by atoms with Crippen LogP contribution in [-0.2, 0) is 14.9 Å². The van der Waals surface area contributed by atoms with Crippen LogP contribution in [0.3, 0.4) is 0 Å². The summed E-state index contributed by atoms with van der Waals surface area (Å²) in [5.74, 6) is 4.30. The molecule has 1 amide bonds. The number of amides is 1. The Bertz CT molecular complexity index is 911. The molecule has 1 aliphatic carbocycles. The smallest absolute Gasteiger partial charge is 0.233 e. The quantitative estimate of drug-likeness (QED) is 0.711. The molecule has 0 spiro atoms. The van der Waals surface area contributed by atoms with Gasteiger partial charge in [-0.15, -0.1) is 6.42 Å². The molecule has 1 unspecified atom stereocenters. The maximum atomic E-state index is 13.3. The van der Waals surface area contributed by atoms with Crippen molar-refractivity contribution in [3.05, 3.63) is 59.7 Å². The minimum absolute atomic E-state index is 0.158. The first kappa shape index (κ1) is 19.4. The molecule has 2 aromatic carbocycles. The highest BCUT2D eigenvalue weighted by atomic mass is 16.5. The van der Waals surface area contributed by atoms with Crippen LogP contribution in [0.2, 0.25) is 0 Å². The number of morpholine rings is 1. The maximum absolute atomic E-state index is 13.3. The molecular formula is C24H25NO4. The molecule has 29 heavy (non-hydrogen) atoms. The molecule has 1 atom stereocenters. The number of hydrogen-bond donors (Lipinski definition) is 0. The predicted molar refractivity (Wildman–Crippen MR) is 110 cm³/mol. The average molecular weight is 391 g/mol. The summed E-state index contributed by atoms with van der Waals surface area (Å²) in [5, 5.41) is 0. The largest absolute Gasteiger partial charge is 0.497 e. The van der Waals surface area contributed by atoms with Gasteiger partial charge in [-0.25, -0.2) is 0 Å². The molecule has 2 aliphatic rings. The summed E-state index contributed by atoms with van der Waals surface area (Å²) < 4.78 is 16.9. The molecule has 1 saturated heterocycles. The van der Waals surface area contributed by atoms with Crippen LogP contribution >= 0.6 is 0 Å². The molecule has 4 rings (SSSR count). The first-order valence-corrected chi connectivity index (χ1v) is 9.89. The second-order valence-corrected chi connectivity index (χ2v) is 7.54. The van der Waals surface area contributed by atoms with Crippen LogP contribution in [0, 0.1) is 12.3 Å². The predicted octanol–water partition coefficient (Wildman–Crippen LogP) is 3.01. The summed E-state index contributed by atoms with van der Waals surface area (Å²) in [6, 6.07) is 15.3. The summed E-state index contributed by atoms with van der Waals surface area (Å²) in [6.45, 7) is 2.04. The lowest BCUT2D eigenvalue weighted by molar-refractivity contribution is -0.142. The third kappa shape index (κ3) is 4.08. The number of carbonyl (C=O) groups excluding carboxylic acids is 1. The normalized spacial score (nSPS) is 19.9. The summed E-state index contributed by atoms with van der Waals surface area (Å²) in [7, 11) is 1.64. The summed E-state index contributed by atoms with van der Waals surface area (Å²) in [4.78, 5) is 15.2. The van der Waals surface area contributed by atoms with Gasteiger partial charge in [0.1, 0.15) is 24.2 Å². The van der Waals surface area contributed by atoms with E-state index in [9.17, 15) is 4.79 Å². The lowest BCUT2D eigenvalue weighted by atomic mass is 9.94. The van der Waals surface area contributed by atoms with E-state index in [0.29, 0.717) is 32.1 Å². The Labute approximate surface area is 171 Å². The molecule has 0 radical (unpaired) electrons. The molecule has 0 bridgehead atoms. The summed E-state index contributed by atoms with van der Waals surface area (Å²) in [6.07, 6.45) is 7.05. The van der Waals surface area contributed by atoms with Gasteiger partial charge in [-0.3, -0.25) is 4.79 Å². The zero-order valence-corrected chi connectivity index (χ0v) is 16.6. The van der Waals surface area contributed by atoms with Crippen molar-refractivity contribution in [2.75, 3.05) is 33.4 Å². The van der Waals surface area contributed by atoms with E-state index >= 15 is 0 Å². The molecule has 1 saturated carbocycles. The van der Waals surface area contributed by atoms with E-state index in [4.69, 9.17) is 20.6 Å². The average Bonchev–Trinajstić information content (AvgIpc) is 3.59.